The Bertz CT molecular complexity index is 385. The van der Waals surface area contributed by atoms with Gasteiger partial charge < -0.3 is 10.1 Å². The lowest BCUT2D eigenvalue weighted by Crippen LogP contribution is -2.31. The zero-order valence-electron chi connectivity index (χ0n) is 11.7. The molecular weight excluding hydrogens is 324 g/mol. The molecule has 1 aliphatic rings. The van der Waals surface area contributed by atoms with Crippen LogP contribution in [0.25, 0.3) is 0 Å². The van der Waals surface area contributed by atoms with Gasteiger partial charge in [0.2, 0.25) is 0 Å². The van der Waals surface area contributed by atoms with E-state index in [1.165, 1.54) is 22.2 Å². The molecule has 0 radical (unpaired) electrons. The number of hydrogen-bond donors (Lipinski definition) is 1. The van der Waals surface area contributed by atoms with Crippen LogP contribution in [0.2, 0.25) is 0 Å². The maximum Gasteiger partial charge on any atom is 0.0707 e. The van der Waals surface area contributed by atoms with Gasteiger partial charge >= 0.3 is 0 Å². The highest BCUT2D eigenvalue weighted by atomic mass is 79.9. The summed E-state index contributed by atoms with van der Waals surface area (Å²) >= 11 is 5.31. The van der Waals surface area contributed by atoms with Crippen molar-refractivity contribution in [2.75, 3.05) is 26.7 Å². The van der Waals surface area contributed by atoms with Crippen molar-refractivity contribution in [3.63, 3.8) is 0 Å². The van der Waals surface area contributed by atoms with Crippen LogP contribution in [0.1, 0.15) is 24.6 Å². The Balaban J connectivity index is 1.70. The SMILES string of the molecule is CCNCC1CCC(CN(C)Cc2cc(Br)cs2)O1. The van der Waals surface area contributed by atoms with Gasteiger partial charge in [-0.2, -0.15) is 0 Å². The fourth-order valence-electron chi connectivity index (χ4n) is 2.48. The van der Waals surface area contributed by atoms with Gasteiger partial charge in [-0.3, -0.25) is 4.90 Å². The van der Waals surface area contributed by atoms with Crippen LogP contribution in [0.15, 0.2) is 15.9 Å². The predicted molar refractivity (Wildman–Crippen MR) is 84.8 cm³/mol. The molecule has 3 nitrogen and oxygen atoms in total. The summed E-state index contributed by atoms with van der Waals surface area (Å²) in [7, 11) is 2.18. The lowest BCUT2D eigenvalue weighted by atomic mass is 10.2. The molecule has 0 amide bonds. The van der Waals surface area contributed by atoms with E-state index in [0.717, 1.165) is 26.2 Å². The average molecular weight is 347 g/mol. The molecular formula is C14H23BrN2OS. The number of hydrogen-bond acceptors (Lipinski definition) is 4. The molecule has 1 N–H and O–H groups in total. The Morgan fingerprint density at radius 3 is 2.95 bits per heavy atom. The van der Waals surface area contributed by atoms with Gasteiger partial charge in [0.25, 0.3) is 0 Å². The van der Waals surface area contributed by atoms with Crippen molar-refractivity contribution in [3.8, 4) is 0 Å². The molecule has 0 bridgehead atoms. The monoisotopic (exact) mass is 346 g/mol. The van der Waals surface area contributed by atoms with Crippen molar-refractivity contribution in [2.45, 2.75) is 38.5 Å². The number of rotatable bonds is 7. The van der Waals surface area contributed by atoms with Crippen LogP contribution >= 0.6 is 27.3 Å². The Hall–Kier alpha value is 0.0600. The molecule has 0 aliphatic carbocycles. The third kappa shape index (κ3) is 5.16. The fourth-order valence-corrected chi connectivity index (χ4v) is 4.01. The van der Waals surface area contributed by atoms with Gasteiger partial charge in [-0.25, -0.2) is 0 Å². The van der Waals surface area contributed by atoms with Crippen molar-refractivity contribution in [1.82, 2.24) is 10.2 Å². The van der Waals surface area contributed by atoms with Crippen LogP contribution in [0.4, 0.5) is 0 Å². The molecule has 2 rings (SSSR count). The average Bonchev–Trinajstić information content (AvgIpc) is 2.96. The number of thiophene rings is 1. The van der Waals surface area contributed by atoms with Gasteiger partial charge in [0.1, 0.15) is 0 Å². The van der Waals surface area contributed by atoms with Gasteiger partial charge in [0.15, 0.2) is 0 Å². The second-order valence-corrected chi connectivity index (χ2v) is 7.10. The number of halogens is 1. The standard InChI is InChI=1S/C14H23BrN2OS/c1-3-16-7-12-4-5-13(18-12)8-17(2)9-14-6-11(15)10-19-14/h6,10,12-13,16H,3-5,7-9H2,1-2H3. The van der Waals surface area contributed by atoms with Gasteiger partial charge in [-0.15, -0.1) is 11.3 Å². The summed E-state index contributed by atoms with van der Waals surface area (Å²) in [5.41, 5.74) is 0. The fraction of sp³-hybridized carbons (Fsp3) is 0.714. The van der Waals surface area contributed by atoms with Crippen molar-refractivity contribution >= 4 is 27.3 Å². The second-order valence-electron chi connectivity index (χ2n) is 5.19. The first-order chi connectivity index (χ1) is 9.17. The van der Waals surface area contributed by atoms with Crippen molar-refractivity contribution in [1.29, 1.82) is 0 Å². The van der Waals surface area contributed by atoms with Crippen LogP contribution in [0, 0.1) is 0 Å². The van der Waals surface area contributed by atoms with Gasteiger partial charge in [-0.1, -0.05) is 6.92 Å². The quantitative estimate of drug-likeness (QED) is 0.820. The van der Waals surface area contributed by atoms with E-state index in [1.54, 1.807) is 0 Å². The van der Waals surface area contributed by atoms with Crippen LogP contribution in [0.3, 0.4) is 0 Å². The molecule has 2 atom stereocenters. The normalized spacial score (nSPS) is 23.4. The third-order valence-electron chi connectivity index (χ3n) is 3.38. The maximum atomic E-state index is 6.07. The van der Waals surface area contributed by atoms with E-state index >= 15 is 0 Å². The van der Waals surface area contributed by atoms with Gasteiger partial charge in [0.05, 0.1) is 12.2 Å². The summed E-state index contributed by atoms with van der Waals surface area (Å²) in [4.78, 5) is 3.76. The summed E-state index contributed by atoms with van der Waals surface area (Å²) in [6.45, 7) is 6.19. The highest BCUT2D eigenvalue weighted by Crippen LogP contribution is 2.23. The Labute approximate surface area is 128 Å². The minimum absolute atomic E-state index is 0.400. The van der Waals surface area contributed by atoms with E-state index in [4.69, 9.17) is 4.74 Å². The van der Waals surface area contributed by atoms with Crippen LogP contribution in [-0.4, -0.2) is 43.8 Å². The molecule has 1 saturated heterocycles. The minimum Gasteiger partial charge on any atom is -0.372 e. The lowest BCUT2D eigenvalue weighted by Gasteiger charge is -2.21. The van der Waals surface area contributed by atoms with E-state index in [1.807, 2.05) is 11.3 Å². The Morgan fingerprint density at radius 2 is 2.26 bits per heavy atom. The van der Waals surface area contributed by atoms with Crippen LogP contribution in [0.5, 0.6) is 0 Å². The Kier molecular flexibility index (Phi) is 6.29. The number of nitrogens with zero attached hydrogens (tertiary/aromatic N) is 1. The summed E-state index contributed by atoms with van der Waals surface area (Å²) in [5.74, 6) is 0. The Morgan fingerprint density at radius 1 is 1.47 bits per heavy atom. The zero-order valence-corrected chi connectivity index (χ0v) is 14.1. The lowest BCUT2D eigenvalue weighted by molar-refractivity contribution is 0.0271. The molecule has 2 unspecified atom stereocenters. The second kappa shape index (κ2) is 7.74. The first kappa shape index (κ1) is 15.4. The largest absolute Gasteiger partial charge is 0.372 e. The highest BCUT2D eigenvalue weighted by molar-refractivity contribution is 9.10. The summed E-state index contributed by atoms with van der Waals surface area (Å²) in [5, 5.41) is 5.51. The molecule has 1 aromatic heterocycles. The first-order valence-corrected chi connectivity index (χ1v) is 8.62. The molecule has 1 fully saturated rings. The predicted octanol–water partition coefficient (Wildman–Crippen LogP) is 3.10. The molecule has 0 spiro atoms. The van der Waals surface area contributed by atoms with Crippen molar-refractivity contribution in [2.24, 2.45) is 0 Å². The molecule has 0 aromatic carbocycles. The molecule has 108 valence electrons. The minimum atomic E-state index is 0.400. The molecule has 1 aliphatic heterocycles. The summed E-state index contributed by atoms with van der Waals surface area (Å²) in [6, 6.07) is 2.20. The molecule has 2 heterocycles. The smallest absolute Gasteiger partial charge is 0.0707 e. The topological polar surface area (TPSA) is 24.5 Å². The van der Waals surface area contributed by atoms with Crippen molar-refractivity contribution < 1.29 is 4.74 Å². The van der Waals surface area contributed by atoms with E-state index in [9.17, 15) is 0 Å². The molecule has 0 saturated carbocycles. The van der Waals surface area contributed by atoms with Crippen LogP contribution < -0.4 is 5.32 Å². The number of likely N-dealkylation sites (N-methyl/N-ethyl adjacent to an activating group) is 2. The molecule has 1 aromatic rings. The zero-order chi connectivity index (χ0) is 13.7. The summed E-state index contributed by atoms with van der Waals surface area (Å²) < 4.78 is 7.25. The van der Waals surface area contributed by atoms with Crippen molar-refractivity contribution in [3.05, 3.63) is 20.8 Å². The third-order valence-corrected chi connectivity index (χ3v) is 5.06. The number of nitrogens with one attached hydrogen (secondary N) is 1. The molecule has 19 heavy (non-hydrogen) atoms. The van der Waals surface area contributed by atoms with E-state index < -0.39 is 0 Å². The van der Waals surface area contributed by atoms with E-state index in [0.29, 0.717) is 12.2 Å². The van der Waals surface area contributed by atoms with E-state index in [-0.39, 0.29) is 0 Å². The van der Waals surface area contributed by atoms with Gasteiger partial charge in [-0.05, 0) is 48.4 Å². The summed E-state index contributed by atoms with van der Waals surface area (Å²) in [6.07, 6.45) is 3.19. The van der Waals surface area contributed by atoms with Gasteiger partial charge in [0, 0.05) is 34.4 Å². The highest BCUT2D eigenvalue weighted by Gasteiger charge is 2.25. The number of ether oxygens (including phenoxy) is 1. The maximum absolute atomic E-state index is 6.07. The van der Waals surface area contributed by atoms with Crippen LogP contribution in [-0.2, 0) is 11.3 Å². The molecule has 5 heteroatoms. The van der Waals surface area contributed by atoms with E-state index in [2.05, 4.69) is 51.6 Å². The first-order valence-electron chi connectivity index (χ1n) is 6.95.